The van der Waals surface area contributed by atoms with Gasteiger partial charge in [-0.1, -0.05) is 45.0 Å². The van der Waals surface area contributed by atoms with Gasteiger partial charge in [-0.2, -0.15) is 4.31 Å². The first-order valence-electron chi connectivity index (χ1n) is 13.0. The quantitative estimate of drug-likeness (QED) is 0.217. The molecule has 1 aliphatic heterocycles. The van der Waals surface area contributed by atoms with Crippen molar-refractivity contribution in [1.82, 2.24) is 4.31 Å². The van der Waals surface area contributed by atoms with Crippen molar-refractivity contribution in [3.8, 4) is 22.6 Å². The van der Waals surface area contributed by atoms with Gasteiger partial charge in [0.2, 0.25) is 10.0 Å². The van der Waals surface area contributed by atoms with Crippen molar-refractivity contribution < 1.29 is 40.9 Å². The molecule has 0 fully saturated rings. The summed E-state index contributed by atoms with van der Waals surface area (Å²) in [4.78, 5) is 21.1. The number of nitrogens with zero attached hydrogens (tertiary/aromatic N) is 1. The molecule has 220 valence electrons. The predicted octanol–water partition coefficient (Wildman–Crippen LogP) is 7.02. The molecule has 1 unspecified atom stereocenters. The van der Waals surface area contributed by atoms with Crippen molar-refractivity contribution in [3.63, 3.8) is 0 Å². The number of ether oxygens (including phenoxy) is 1. The van der Waals surface area contributed by atoms with Crippen LogP contribution in [0.2, 0.25) is 0 Å². The zero-order valence-electron chi connectivity index (χ0n) is 23.6. The fourth-order valence-corrected chi connectivity index (χ4v) is 7.45. The number of carbonyl (C=O) groups excluding carboxylic acids is 1. The fourth-order valence-electron chi connectivity index (χ4n) is 5.33. The molecule has 0 aromatic heterocycles. The second-order valence-electron chi connectivity index (χ2n) is 10.7. The molecule has 0 saturated heterocycles. The van der Waals surface area contributed by atoms with E-state index in [0.29, 0.717) is 23.1 Å². The monoisotopic (exact) mass is 591 g/mol. The third kappa shape index (κ3) is 6.20. The van der Waals surface area contributed by atoms with E-state index in [0.717, 1.165) is 16.7 Å². The molecule has 1 heterocycles. The summed E-state index contributed by atoms with van der Waals surface area (Å²) in [7, 11) is -3.99. The highest BCUT2D eigenvalue weighted by molar-refractivity contribution is 7.89. The van der Waals surface area contributed by atoms with Crippen molar-refractivity contribution in [1.29, 1.82) is 0 Å². The van der Waals surface area contributed by atoms with Crippen LogP contribution in [0.25, 0.3) is 11.1 Å². The number of benzene rings is 3. The Morgan fingerprint density at radius 1 is 1.05 bits per heavy atom. The van der Waals surface area contributed by atoms with Gasteiger partial charge in [0.1, 0.15) is 5.75 Å². The lowest BCUT2D eigenvalue weighted by Crippen LogP contribution is -2.47. The highest BCUT2D eigenvalue weighted by atomic mass is 32.2. The SMILES string of the molecule is CCc1c(S(=O)(=O)N2CC(C)(C)c3ccc(-c4ccc(OC(F)(F)F)cc4)cc3C2C)ccc(OOC(C)=O)c1C. The third-order valence-corrected chi connectivity index (χ3v) is 9.33. The van der Waals surface area contributed by atoms with Gasteiger partial charge < -0.3 is 4.74 Å². The molecule has 11 heteroatoms. The van der Waals surface area contributed by atoms with E-state index >= 15 is 0 Å². The molecule has 0 spiro atoms. The summed E-state index contributed by atoms with van der Waals surface area (Å²) in [5.41, 5.74) is 3.79. The van der Waals surface area contributed by atoms with E-state index in [2.05, 4.69) is 9.62 Å². The fraction of sp³-hybridized carbons (Fsp3) is 0.367. The zero-order valence-corrected chi connectivity index (χ0v) is 24.4. The van der Waals surface area contributed by atoms with E-state index < -0.39 is 33.8 Å². The lowest BCUT2D eigenvalue weighted by atomic mass is 9.76. The second kappa shape index (κ2) is 11.0. The van der Waals surface area contributed by atoms with Gasteiger partial charge in [-0.3, -0.25) is 9.78 Å². The molecule has 0 N–H and O–H groups in total. The summed E-state index contributed by atoms with van der Waals surface area (Å²) in [5, 5.41) is 0. The Kier molecular flexibility index (Phi) is 8.17. The molecule has 0 bridgehead atoms. The molecule has 0 radical (unpaired) electrons. The van der Waals surface area contributed by atoms with E-state index in [1.807, 2.05) is 45.9 Å². The van der Waals surface area contributed by atoms with Crippen LogP contribution in [0.1, 0.15) is 62.9 Å². The van der Waals surface area contributed by atoms with Gasteiger partial charge >= 0.3 is 12.3 Å². The standard InChI is InChI=1S/C30H32F3NO6S/c1-7-24-18(2)27(40-39-20(4)35)14-15-28(24)41(36,37)34-17-29(5,6)26-13-10-22(16-25(26)19(34)3)21-8-11-23(12-9-21)38-30(31,32)33/h8-16,19H,7,17H2,1-6H3. The maximum absolute atomic E-state index is 14.2. The molecule has 3 aromatic carbocycles. The van der Waals surface area contributed by atoms with Gasteiger partial charge in [0.25, 0.3) is 0 Å². The van der Waals surface area contributed by atoms with Gasteiger partial charge in [-0.25, -0.2) is 13.2 Å². The maximum atomic E-state index is 14.2. The van der Waals surface area contributed by atoms with Crippen molar-refractivity contribution in [2.24, 2.45) is 0 Å². The molecule has 0 aliphatic carbocycles. The lowest BCUT2D eigenvalue weighted by Gasteiger charge is -2.43. The Balaban J connectivity index is 1.73. The number of carbonyl (C=O) groups is 1. The molecule has 41 heavy (non-hydrogen) atoms. The number of alkyl halides is 3. The zero-order chi connectivity index (χ0) is 30.3. The van der Waals surface area contributed by atoms with Gasteiger partial charge in [0.05, 0.1) is 4.90 Å². The lowest BCUT2D eigenvalue weighted by molar-refractivity contribution is -0.274. The van der Waals surface area contributed by atoms with Crippen LogP contribution in [0, 0.1) is 6.92 Å². The number of hydrogen-bond acceptors (Lipinski definition) is 6. The van der Waals surface area contributed by atoms with E-state index in [9.17, 15) is 26.4 Å². The average molecular weight is 592 g/mol. The molecule has 0 saturated carbocycles. The number of fused-ring (bicyclic) bond motifs is 1. The molecular formula is C30H32F3NO6S. The van der Waals surface area contributed by atoms with Crippen LogP contribution in [0.4, 0.5) is 13.2 Å². The van der Waals surface area contributed by atoms with Crippen LogP contribution in [0.5, 0.6) is 11.5 Å². The molecule has 1 aliphatic rings. The second-order valence-corrected chi connectivity index (χ2v) is 12.5. The van der Waals surface area contributed by atoms with E-state index in [1.54, 1.807) is 6.92 Å². The minimum Gasteiger partial charge on any atom is -0.406 e. The topological polar surface area (TPSA) is 82.1 Å². The summed E-state index contributed by atoms with van der Waals surface area (Å²) in [6.07, 6.45) is -4.38. The van der Waals surface area contributed by atoms with Gasteiger partial charge in [0, 0.05) is 30.5 Å². The summed E-state index contributed by atoms with van der Waals surface area (Å²) in [5.74, 6) is -0.700. The molecule has 4 rings (SSSR count). The Bertz CT molecular complexity index is 1570. The predicted molar refractivity (Wildman–Crippen MR) is 147 cm³/mol. The van der Waals surface area contributed by atoms with E-state index in [4.69, 9.17) is 4.89 Å². The first-order valence-corrected chi connectivity index (χ1v) is 14.5. The highest BCUT2D eigenvalue weighted by Crippen LogP contribution is 2.44. The van der Waals surface area contributed by atoms with Gasteiger partial charge in [-0.15, -0.1) is 13.2 Å². The average Bonchev–Trinajstić information content (AvgIpc) is 2.89. The van der Waals surface area contributed by atoms with Gasteiger partial charge in [-0.05, 0) is 78.4 Å². The van der Waals surface area contributed by atoms with Crippen molar-refractivity contribution >= 4 is 16.0 Å². The van der Waals surface area contributed by atoms with Gasteiger partial charge in [0.15, 0.2) is 5.75 Å². The largest absolute Gasteiger partial charge is 0.573 e. The van der Waals surface area contributed by atoms with Crippen LogP contribution in [0.3, 0.4) is 0 Å². The Hall–Kier alpha value is -3.57. The molecule has 7 nitrogen and oxygen atoms in total. The summed E-state index contributed by atoms with van der Waals surface area (Å²) in [6, 6.07) is 13.7. The van der Waals surface area contributed by atoms with E-state index in [-0.39, 0.29) is 22.9 Å². The van der Waals surface area contributed by atoms with Crippen LogP contribution in [0.15, 0.2) is 59.5 Å². The molecular weight excluding hydrogens is 559 g/mol. The Morgan fingerprint density at radius 3 is 2.27 bits per heavy atom. The molecule has 0 amide bonds. The van der Waals surface area contributed by atoms with Crippen LogP contribution >= 0.6 is 0 Å². The van der Waals surface area contributed by atoms with Crippen molar-refractivity contribution in [3.05, 3.63) is 76.9 Å². The number of halogens is 3. The van der Waals surface area contributed by atoms with Crippen molar-refractivity contribution in [2.45, 2.75) is 70.7 Å². The summed E-state index contributed by atoms with van der Waals surface area (Å²) >= 11 is 0. The van der Waals surface area contributed by atoms with Crippen molar-refractivity contribution in [2.75, 3.05) is 6.54 Å². The Morgan fingerprint density at radius 2 is 1.68 bits per heavy atom. The number of rotatable bonds is 7. The minimum absolute atomic E-state index is 0.148. The summed E-state index contributed by atoms with van der Waals surface area (Å²) < 4.78 is 71.6. The molecule has 3 aromatic rings. The van der Waals surface area contributed by atoms with Crippen LogP contribution in [-0.2, 0) is 31.5 Å². The first kappa shape index (κ1) is 30.4. The minimum atomic E-state index is -4.78. The van der Waals surface area contributed by atoms with E-state index in [1.165, 1.54) is 47.6 Å². The smallest absolute Gasteiger partial charge is 0.406 e. The number of sulfonamides is 1. The third-order valence-electron chi connectivity index (χ3n) is 7.33. The first-order chi connectivity index (χ1) is 19.0. The number of hydrogen-bond donors (Lipinski definition) is 0. The normalized spacial score (nSPS) is 17.0. The highest BCUT2D eigenvalue weighted by Gasteiger charge is 2.42. The Labute approximate surface area is 237 Å². The van der Waals surface area contributed by atoms with Crippen LogP contribution < -0.4 is 9.62 Å². The van der Waals surface area contributed by atoms with Crippen LogP contribution in [-0.4, -0.2) is 31.6 Å². The molecule has 1 atom stereocenters. The maximum Gasteiger partial charge on any atom is 0.573 e. The summed E-state index contributed by atoms with van der Waals surface area (Å²) in [6.45, 7) is 10.8.